The van der Waals surface area contributed by atoms with Gasteiger partial charge in [0.1, 0.15) is 11.5 Å². The number of carbonyl (C=O) groups is 2. The maximum atomic E-state index is 16.8. The largest absolute Gasteiger partial charge is 0.493 e. The number of fused-ring (bicyclic) bond motifs is 2. The van der Waals surface area contributed by atoms with E-state index < -0.39 is 11.6 Å². The smallest absolute Gasteiger partial charge is 0.270 e. The van der Waals surface area contributed by atoms with E-state index in [4.69, 9.17) is 9.72 Å². The summed E-state index contributed by atoms with van der Waals surface area (Å²) in [6, 6.07) is 12.8. The Morgan fingerprint density at radius 3 is 2.60 bits per heavy atom. The number of H-pyrrole nitrogens is 1. The van der Waals surface area contributed by atoms with Crippen LogP contribution >= 0.6 is 0 Å². The standard InChI is InChI=1S/C39H37F2N9O3/c1-24-5-3-6-25-17-27(21-42-36(24)25)29-19-30(26-7-4-10-49(23-26)34(51)8-11-50-12-9-44-46-50)35(41)37-31(29)20-32(45-37)39(52)48-15-13-47(14-16-48)38-33(53-2)18-28(40)22-43-38/h3,5-7,9,12,17-22,45H,4,8,10-11,13-16,23H2,1-2H3. The highest BCUT2D eigenvalue weighted by atomic mass is 19.1. The Balaban J connectivity index is 1.12. The number of benzene rings is 2. The minimum absolute atomic E-state index is 0.0524. The van der Waals surface area contributed by atoms with Crippen LogP contribution in [0.4, 0.5) is 14.6 Å². The average Bonchev–Trinajstić information content (AvgIpc) is 3.88. The van der Waals surface area contributed by atoms with Crippen LogP contribution in [-0.2, 0) is 11.3 Å². The number of para-hydroxylation sites is 1. The van der Waals surface area contributed by atoms with Crippen molar-refractivity contribution in [3.05, 3.63) is 102 Å². The molecule has 0 bridgehead atoms. The van der Waals surface area contributed by atoms with Gasteiger partial charge < -0.3 is 24.4 Å². The molecule has 4 aromatic heterocycles. The lowest BCUT2D eigenvalue weighted by molar-refractivity contribution is -0.131. The van der Waals surface area contributed by atoms with Crippen molar-refractivity contribution in [2.75, 3.05) is 51.3 Å². The summed E-state index contributed by atoms with van der Waals surface area (Å²) in [7, 11) is 1.46. The number of aromatic amines is 1. The van der Waals surface area contributed by atoms with Gasteiger partial charge >= 0.3 is 0 Å². The second-order valence-electron chi connectivity index (χ2n) is 13.3. The molecule has 2 aliphatic heterocycles. The van der Waals surface area contributed by atoms with E-state index in [9.17, 15) is 14.0 Å². The maximum absolute atomic E-state index is 16.8. The predicted octanol–water partition coefficient (Wildman–Crippen LogP) is 5.63. The van der Waals surface area contributed by atoms with E-state index in [0.717, 1.165) is 33.8 Å². The summed E-state index contributed by atoms with van der Waals surface area (Å²) in [6.07, 6.45) is 9.01. The number of nitrogens with zero attached hydrogens (tertiary/aromatic N) is 8. The van der Waals surface area contributed by atoms with E-state index >= 15 is 4.39 Å². The van der Waals surface area contributed by atoms with E-state index in [1.165, 1.54) is 13.2 Å². The van der Waals surface area contributed by atoms with Gasteiger partial charge in [0.25, 0.3) is 5.91 Å². The highest BCUT2D eigenvalue weighted by Crippen LogP contribution is 2.38. The number of amides is 2. The van der Waals surface area contributed by atoms with Gasteiger partial charge in [-0.05, 0) is 48.2 Å². The first-order chi connectivity index (χ1) is 25.8. The van der Waals surface area contributed by atoms with Crippen LogP contribution < -0.4 is 9.64 Å². The van der Waals surface area contributed by atoms with Crippen LogP contribution in [-0.4, -0.2) is 97.9 Å². The van der Waals surface area contributed by atoms with E-state index in [2.05, 4.69) is 20.3 Å². The van der Waals surface area contributed by atoms with Crippen LogP contribution in [0.1, 0.15) is 34.5 Å². The van der Waals surface area contributed by atoms with Crippen molar-refractivity contribution in [3.8, 4) is 16.9 Å². The first kappa shape index (κ1) is 33.9. The lowest BCUT2D eigenvalue weighted by Crippen LogP contribution is -2.49. The van der Waals surface area contributed by atoms with Crippen LogP contribution in [0, 0.1) is 18.6 Å². The number of aromatic nitrogens is 6. The molecule has 2 aliphatic rings. The van der Waals surface area contributed by atoms with Crippen molar-refractivity contribution in [2.24, 2.45) is 0 Å². The van der Waals surface area contributed by atoms with E-state index in [1.54, 1.807) is 39.1 Å². The Kier molecular flexibility index (Phi) is 9.02. The molecule has 6 aromatic rings. The first-order valence-electron chi connectivity index (χ1n) is 17.5. The zero-order chi connectivity index (χ0) is 36.6. The molecule has 1 N–H and O–H groups in total. The number of pyridine rings is 2. The molecule has 1 fully saturated rings. The van der Waals surface area contributed by atoms with Gasteiger partial charge in [-0.3, -0.25) is 19.3 Å². The molecular weight excluding hydrogens is 680 g/mol. The third-order valence-electron chi connectivity index (χ3n) is 10.1. The van der Waals surface area contributed by atoms with E-state index in [0.29, 0.717) is 73.8 Å². The highest BCUT2D eigenvalue weighted by molar-refractivity contribution is 6.05. The molecule has 2 aromatic carbocycles. The van der Waals surface area contributed by atoms with Crippen LogP contribution in [0.25, 0.3) is 38.5 Å². The number of aryl methyl sites for hydroxylation is 2. The fraction of sp³-hybridized carbons (Fsp3) is 0.282. The number of anilines is 1. The highest BCUT2D eigenvalue weighted by Gasteiger charge is 2.28. The lowest BCUT2D eigenvalue weighted by Gasteiger charge is -2.35. The van der Waals surface area contributed by atoms with Crippen molar-refractivity contribution < 1.29 is 23.1 Å². The van der Waals surface area contributed by atoms with Crippen LogP contribution in [0.2, 0.25) is 0 Å². The van der Waals surface area contributed by atoms with Gasteiger partial charge in [-0.15, -0.1) is 5.10 Å². The number of halogens is 2. The van der Waals surface area contributed by atoms with Gasteiger partial charge in [0.15, 0.2) is 17.4 Å². The summed E-state index contributed by atoms with van der Waals surface area (Å²) in [5.41, 5.74) is 4.94. The molecule has 0 unspecified atom stereocenters. The van der Waals surface area contributed by atoms with Crippen molar-refractivity contribution in [2.45, 2.75) is 26.3 Å². The fourth-order valence-electron chi connectivity index (χ4n) is 7.27. The third kappa shape index (κ3) is 6.56. The Morgan fingerprint density at radius 1 is 0.962 bits per heavy atom. The number of hydrogen-bond donors (Lipinski definition) is 1. The summed E-state index contributed by atoms with van der Waals surface area (Å²) in [5.74, 6) is -0.465. The number of carbonyl (C=O) groups excluding carboxylic acids is 2. The number of ether oxygens (including phenoxy) is 1. The Bertz CT molecular complexity index is 2380. The van der Waals surface area contributed by atoms with Gasteiger partial charge in [0.2, 0.25) is 5.91 Å². The number of hydrogen-bond acceptors (Lipinski definition) is 8. The number of methoxy groups -OCH3 is 1. The van der Waals surface area contributed by atoms with Gasteiger partial charge in [-0.2, -0.15) is 0 Å². The van der Waals surface area contributed by atoms with Gasteiger partial charge in [0, 0.05) is 86.0 Å². The molecule has 270 valence electrons. The minimum Gasteiger partial charge on any atom is -0.493 e. The molecule has 8 rings (SSSR count). The molecule has 6 heterocycles. The van der Waals surface area contributed by atoms with Crippen LogP contribution in [0.15, 0.2) is 73.3 Å². The van der Waals surface area contributed by atoms with Crippen molar-refractivity contribution in [1.82, 2.24) is 39.7 Å². The number of piperazine rings is 1. The fourth-order valence-corrected chi connectivity index (χ4v) is 7.27. The zero-order valence-corrected chi connectivity index (χ0v) is 29.4. The minimum atomic E-state index is -0.493. The Morgan fingerprint density at radius 2 is 1.81 bits per heavy atom. The van der Waals surface area contributed by atoms with Gasteiger partial charge in [-0.25, -0.2) is 13.8 Å². The van der Waals surface area contributed by atoms with E-state index in [1.807, 2.05) is 48.2 Å². The molecule has 53 heavy (non-hydrogen) atoms. The maximum Gasteiger partial charge on any atom is 0.270 e. The van der Waals surface area contributed by atoms with Gasteiger partial charge in [-0.1, -0.05) is 29.5 Å². The second-order valence-corrected chi connectivity index (χ2v) is 13.3. The van der Waals surface area contributed by atoms with Crippen molar-refractivity contribution >= 4 is 45.0 Å². The summed E-state index contributed by atoms with van der Waals surface area (Å²) in [6.45, 7) is 4.84. The summed E-state index contributed by atoms with van der Waals surface area (Å²) < 4.78 is 37.5. The predicted molar refractivity (Wildman–Crippen MR) is 196 cm³/mol. The first-order valence-corrected chi connectivity index (χ1v) is 17.5. The normalized spacial score (nSPS) is 14.9. The van der Waals surface area contributed by atoms with E-state index in [-0.39, 0.29) is 36.0 Å². The molecule has 0 radical (unpaired) electrons. The molecule has 0 atom stereocenters. The molecule has 2 amide bonds. The Labute approximate surface area is 303 Å². The number of rotatable bonds is 8. The molecule has 14 heteroatoms. The van der Waals surface area contributed by atoms with Crippen molar-refractivity contribution in [1.29, 1.82) is 0 Å². The summed E-state index contributed by atoms with van der Waals surface area (Å²) >= 11 is 0. The summed E-state index contributed by atoms with van der Waals surface area (Å²) in [5, 5.41) is 9.25. The third-order valence-corrected chi connectivity index (χ3v) is 10.1. The van der Waals surface area contributed by atoms with Crippen LogP contribution in [0.5, 0.6) is 5.75 Å². The van der Waals surface area contributed by atoms with Crippen LogP contribution in [0.3, 0.4) is 0 Å². The quantitative estimate of drug-likeness (QED) is 0.215. The van der Waals surface area contributed by atoms with Gasteiger partial charge in [0.05, 0.1) is 37.1 Å². The molecule has 0 spiro atoms. The van der Waals surface area contributed by atoms with Crippen molar-refractivity contribution in [3.63, 3.8) is 0 Å². The summed E-state index contributed by atoms with van der Waals surface area (Å²) in [4.78, 5) is 44.8. The molecule has 0 saturated carbocycles. The molecular formula is C39H37F2N9O3. The SMILES string of the molecule is COc1cc(F)cnc1N1CCN(C(=O)c2cc3c(-c4cnc5c(C)cccc5c4)cc(C4=CCCN(C(=O)CCn5ccnn5)C4)c(F)c3[nH]2)CC1. The lowest BCUT2D eigenvalue weighted by atomic mass is 9.93. The topological polar surface area (TPSA) is 125 Å². The second kappa shape index (κ2) is 14.1. The average molecular weight is 718 g/mol. The molecule has 0 aliphatic carbocycles. The molecule has 1 saturated heterocycles. The Hall–Kier alpha value is -6.18. The molecule has 12 nitrogen and oxygen atoms in total. The number of nitrogens with one attached hydrogen (secondary N) is 1. The monoisotopic (exact) mass is 717 g/mol. The zero-order valence-electron chi connectivity index (χ0n) is 29.4.